The quantitative estimate of drug-likeness (QED) is 0.230. The third kappa shape index (κ3) is 6.34. The summed E-state index contributed by atoms with van der Waals surface area (Å²) in [6.45, 7) is 0. The highest BCUT2D eigenvalue weighted by molar-refractivity contribution is 4.80. The molecule has 0 saturated heterocycles. The predicted molar refractivity (Wildman–Crippen MR) is 34.8 cm³/mol. The number of nitrogens with one attached hydrogen (secondary N) is 1. The third-order valence-electron chi connectivity index (χ3n) is 0.724. The zero-order valence-corrected chi connectivity index (χ0v) is 5.84. The molecule has 0 fully saturated rings. The Balaban J connectivity index is 0.000000218. The highest BCUT2D eigenvalue weighted by atomic mass is 16.9. The lowest BCUT2D eigenvalue weighted by molar-refractivity contribution is -0.742. The van der Waals surface area contributed by atoms with Gasteiger partial charge in [-0.25, -0.2) is 11.0 Å². The minimum Gasteiger partial charge on any atom is -0.328 e. The van der Waals surface area contributed by atoms with Gasteiger partial charge in [0.05, 0.1) is 6.20 Å². The fourth-order valence-corrected chi connectivity index (χ4v) is 0.421. The van der Waals surface area contributed by atoms with Gasteiger partial charge in [-0.1, -0.05) is 0 Å². The molecule has 0 aromatic carbocycles. The zero-order valence-electron chi connectivity index (χ0n) is 5.84. The van der Waals surface area contributed by atoms with E-state index in [4.69, 9.17) is 21.2 Å². The van der Waals surface area contributed by atoms with Gasteiger partial charge < -0.3 is 5.21 Å². The molecular formula is C3H9N5O3. The van der Waals surface area contributed by atoms with Crippen molar-refractivity contribution in [3.05, 3.63) is 22.5 Å². The Bertz CT molecular complexity index is 145. The summed E-state index contributed by atoms with van der Waals surface area (Å²) in [7, 11) is 1.86. The smallest absolute Gasteiger partial charge is 0.291 e. The van der Waals surface area contributed by atoms with Crippen LogP contribution in [0.2, 0.25) is 0 Å². The highest BCUT2D eigenvalue weighted by Gasteiger charge is 1.98. The Hall–Kier alpha value is -1.54. The fraction of sp³-hybridized carbons (Fsp3) is 0.333. The van der Waals surface area contributed by atoms with Crippen LogP contribution in [0.25, 0.3) is 0 Å². The molecule has 0 aromatic heterocycles. The topological polar surface area (TPSA) is 108 Å². The van der Waals surface area contributed by atoms with E-state index in [0.29, 0.717) is 0 Å². The van der Waals surface area contributed by atoms with E-state index < -0.39 is 5.09 Å². The first-order valence-corrected chi connectivity index (χ1v) is 2.57. The molecule has 64 valence electrons. The molecule has 0 amide bonds. The third-order valence-corrected chi connectivity index (χ3v) is 0.724. The number of hydrazine groups is 3. The van der Waals surface area contributed by atoms with Crippen LogP contribution in [0.3, 0.4) is 0 Å². The van der Waals surface area contributed by atoms with E-state index >= 15 is 0 Å². The second-order valence-electron chi connectivity index (χ2n) is 1.65. The monoisotopic (exact) mass is 163 g/mol. The molecule has 0 aromatic rings. The fourth-order valence-electron chi connectivity index (χ4n) is 0.421. The van der Waals surface area contributed by atoms with Crippen molar-refractivity contribution in [2.75, 3.05) is 7.05 Å². The summed E-state index contributed by atoms with van der Waals surface area (Å²) in [6.07, 6.45) is 3.54. The lowest BCUT2D eigenvalue weighted by atomic mass is 10.9. The molecule has 1 rings (SSSR count). The Kier molecular flexibility index (Phi) is 3.70. The summed E-state index contributed by atoms with van der Waals surface area (Å²) in [6, 6.07) is 0. The van der Waals surface area contributed by atoms with Crippen molar-refractivity contribution < 1.29 is 10.3 Å². The maximum atomic E-state index is 8.36. The molecular weight excluding hydrogens is 154 g/mol. The summed E-state index contributed by atoms with van der Waals surface area (Å²) >= 11 is 0. The van der Waals surface area contributed by atoms with Crippen molar-refractivity contribution in [3.63, 3.8) is 0 Å². The maximum Gasteiger partial charge on any atom is 0.291 e. The van der Waals surface area contributed by atoms with Crippen molar-refractivity contribution in [2.24, 2.45) is 5.84 Å². The molecule has 8 heteroatoms. The van der Waals surface area contributed by atoms with E-state index in [1.165, 1.54) is 5.12 Å². The van der Waals surface area contributed by atoms with E-state index in [9.17, 15) is 0 Å². The largest absolute Gasteiger partial charge is 0.328 e. The Morgan fingerprint density at radius 2 is 2.18 bits per heavy atom. The van der Waals surface area contributed by atoms with E-state index in [0.717, 1.165) is 0 Å². The molecule has 0 unspecified atom stereocenters. The van der Waals surface area contributed by atoms with Gasteiger partial charge in [-0.05, 0) is 0 Å². The van der Waals surface area contributed by atoms with E-state index in [1.54, 1.807) is 11.2 Å². The second kappa shape index (κ2) is 4.30. The first kappa shape index (κ1) is 9.46. The number of hydrogen-bond acceptors (Lipinski definition) is 6. The number of hydrogen-bond donors (Lipinski definition) is 3. The minimum atomic E-state index is -1.50. The minimum absolute atomic E-state index is 1.38. The van der Waals surface area contributed by atoms with Gasteiger partial charge in [-0.3, -0.25) is 5.01 Å². The average Bonchev–Trinajstić information content (AvgIpc) is 2.13. The first-order chi connectivity index (χ1) is 5.02. The first-order valence-electron chi connectivity index (χ1n) is 2.57. The van der Waals surface area contributed by atoms with E-state index in [1.807, 2.05) is 13.2 Å². The van der Waals surface area contributed by atoms with Crippen molar-refractivity contribution >= 4 is 0 Å². The highest BCUT2D eigenvalue weighted by Crippen LogP contribution is 1.87. The van der Waals surface area contributed by atoms with Crippen LogP contribution >= 0.6 is 0 Å². The molecule has 11 heavy (non-hydrogen) atoms. The van der Waals surface area contributed by atoms with Crippen LogP contribution in [-0.2, 0) is 0 Å². The standard InChI is InChI=1S/C3H8N4.HNO3/c1-6-2-3-7(4)5-6;2-1(3)4/h2-3,5H,4H2,1H3;(H,2,3,4). The normalized spacial score (nSPS) is 14.4. The summed E-state index contributed by atoms with van der Waals surface area (Å²) in [5.74, 6) is 5.22. The van der Waals surface area contributed by atoms with Gasteiger partial charge in [0.2, 0.25) is 0 Å². The van der Waals surface area contributed by atoms with Gasteiger partial charge in [0, 0.05) is 13.2 Å². The molecule has 8 nitrogen and oxygen atoms in total. The lowest BCUT2D eigenvalue weighted by Crippen LogP contribution is -2.41. The molecule has 0 aliphatic carbocycles. The molecule has 1 aliphatic rings. The molecule has 1 aliphatic heterocycles. The molecule has 0 spiro atoms. The number of nitrogens with zero attached hydrogens (tertiary/aromatic N) is 3. The summed E-state index contributed by atoms with van der Waals surface area (Å²) in [5.41, 5.74) is 2.75. The number of rotatable bonds is 0. The molecule has 0 saturated carbocycles. The Morgan fingerprint density at radius 1 is 1.73 bits per heavy atom. The Morgan fingerprint density at radius 3 is 2.27 bits per heavy atom. The maximum absolute atomic E-state index is 8.36. The van der Waals surface area contributed by atoms with Gasteiger partial charge in [0.25, 0.3) is 5.09 Å². The molecule has 0 radical (unpaired) electrons. The predicted octanol–water partition coefficient (Wildman–Crippen LogP) is -1.35. The molecule has 1 heterocycles. The lowest BCUT2D eigenvalue weighted by Gasteiger charge is -2.12. The van der Waals surface area contributed by atoms with Crippen LogP contribution in [0.5, 0.6) is 0 Å². The van der Waals surface area contributed by atoms with E-state index in [2.05, 4.69) is 5.53 Å². The Labute approximate surface area is 62.5 Å². The summed E-state index contributed by atoms with van der Waals surface area (Å²) in [5, 5.41) is 16.8. The van der Waals surface area contributed by atoms with Gasteiger partial charge in [-0.2, -0.15) is 0 Å². The van der Waals surface area contributed by atoms with Crippen molar-refractivity contribution in [3.8, 4) is 0 Å². The SMILES string of the molecule is CN1C=CN(N)N1.O=[N+]([O-])O. The summed E-state index contributed by atoms with van der Waals surface area (Å²) in [4.78, 5) is 8.36. The van der Waals surface area contributed by atoms with Crippen LogP contribution in [0.1, 0.15) is 0 Å². The van der Waals surface area contributed by atoms with Crippen molar-refractivity contribution in [1.82, 2.24) is 15.7 Å². The van der Waals surface area contributed by atoms with Crippen molar-refractivity contribution in [2.45, 2.75) is 0 Å². The van der Waals surface area contributed by atoms with Crippen LogP contribution in [0.4, 0.5) is 0 Å². The molecule has 4 N–H and O–H groups in total. The zero-order chi connectivity index (χ0) is 8.85. The molecule has 0 atom stereocenters. The van der Waals surface area contributed by atoms with Crippen LogP contribution in [0, 0.1) is 10.1 Å². The van der Waals surface area contributed by atoms with Gasteiger partial charge in [0.1, 0.15) is 0 Å². The summed E-state index contributed by atoms with van der Waals surface area (Å²) < 4.78 is 0. The van der Waals surface area contributed by atoms with Gasteiger partial charge >= 0.3 is 0 Å². The van der Waals surface area contributed by atoms with E-state index in [-0.39, 0.29) is 0 Å². The van der Waals surface area contributed by atoms with Crippen molar-refractivity contribution in [1.29, 1.82) is 0 Å². The van der Waals surface area contributed by atoms with Crippen LogP contribution in [0.15, 0.2) is 12.4 Å². The van der Waals surface area contributed by atoms with Crippen LogP contribution < -0.4 is 11.4 Å². The average molecular weight is 163 g/mol. The number of nitrogens with two attached hydrogens (primary N) is 1. The second-order valence-corrected chi connectivity index (χ2v) is 1.65. The molecule has 0 bridgehead atoms. The van der Waals surface area contributed by atoms with Crippen LogP contribution in [-0.4, -0.2) is 27.5 Å². The van der Waals surface area contributed by atoms with Gasteiger partial charge in [-0.15, -0.1) is 15.6 Å². The van der Waals surface area contributed by atoms with Gasteiger partial charge in [0.15, 0.2) is 0 Å².